The van der Waals surface area contributed by atoms with Crippen LogP contribution in [0.4, 0.5) is 0 Å². The van der Waals surface area contributed by atoms with Crippen molar-refractivity contribution in [2.45, 2.75) is 38.8 Å². The number of aryl methyl sites for hydroxylation is 1. The fourth-order valence-electron chi connectivity index (χ4n) is 1.95. The van der Waals surface area contributed by atoms with Gasteiger partial charge in [-0.15, -0.1) is 0 Å². The number of Topliss-reactive ketones (excluding diaryl/α,β-unsaturated/α-hetero) is 1. The highest BCUT2D eigenvalue weighted by molar-refractivity contribution is 5.99. The first-order valence-electron chi connectivity index (χ1n) is 5.61. The maximum Gasteiger partial charge on any atom is 0.182 e. The molecule has 0 saturated carbocycles. The number of aromatic nitrogens is 2. The molecule has 1 N–H and O–H groups in total. The van der Waals surface area contributed by atoms with Gasteiger partial charge in [0.15, 0.2) is 5.78 Å². The molecule has 1 fully saturated rings. The van der Waals surface area contributed by atoms with Gasteiger partial charge in [-0.2, -0.15) is 5.10 Å². The zero-order valence-corrected chi connectivity index (χ0v) is 9.07. The Morgan fingerprint density at radius 3 is 3.27 bits per heavy atom. The monoisotopic (exact) mass is 207 g/mol. The van der Waals surface area contributed by atoms with Crippen LogP contribution in [0, 0.1) is 0 Å². The van der Waals surface area contributed by atoms with Crippen molar-refractivity contribution in [1.82, 2.24) is 15.1 Å². The maximum absolute atomic E-state index is 11.9. The summed E-state index contributed by atoms with van der Waals surface area (Å²) >= 11 is 0. The number of carbonyl (C=O) groups excluding carboxylic acids is 1. The number of carbonyl (C=O) groups is 1. The molecule has 15 heavy (non-hydrogen) atoms. The van der Waals surface area contributed by atoms with Crippen molar-refractivity contribution in [1.29, 1.82) is 0 Å². The van der Waals surface area contributed by atoms with Gasteiger partial charge in [0.2, 0.25) is 0 Å². The molecule has 1 aromatic rings. The number of nitrogens with one attached hydrogen (secondary N) is 1. The molecule has 0 aliphatic carbocycles. The van der Waals surface area contributed by atoms with Gasteiger partial charge in [-0.1, -0.05) is 6.92 Å². The second-order valence-corrected chi connectivity index (χ2v) is 4.01. The second-order valence-electron chi connectivity index (χ2n) is 4.01. The number of nitrogens with zero attached hydrogens (tertiary/aromatic N) is 2. The number of ketones is 1. The van der Waals surface area contributed by atoms with Gasteiger partial charge in [-0.25, -0.2) is 0 Å². The Morgan fingerprint density at radius 2 is 2.60 bits per heavy atom. The van der Waals surface area contributed by atoms with E-state index in [1.54, 1.807) is 6.20 Å². The van der Waals surface area contributed by atoms with E-state index in [9.17, 15) is 4.79 Å². The third-order valence-electron chi connectivity index (χ3n) is 2.75. The molecule has 0 aromatic carbocycles. The molecular weight excluding hydrogens is 190 g/mol. The molecule has 1 atom stereocenters. The molecule has 2 rings (SSSR count). The molecule has 82 valence electrons. The first-order valence-corrected chi connectivity index (χ1v) is 5.61. The predicted molar refractivity (Wildman–Crippen MR) is 57.9 cm³/mol. The first kappa shape index (κ1) is 10.4. The fourth-order valence-corrected chi connectivity index (χ4v) is 1.95. The van der Waals surface area contributed by atoms with Gasteiger partial charge in [-0.3, -0.25) is 9.48 Å². The van der Waals surface area contributed by atoms with Crippen LogP contribution in [-0.4, -0.2) is 28.2 Å². The van der Waals surface area contributed by atoms with Crippen molar-refractivity contribution in [2.75, 3.05) is 6.54 Å². The highest BCUT2D eigenvalue weighted by Crippen LogP contribution is 2.11. The van der Waals surface area contributed by atoms with E-state index in [0.717, 1.165) is 37.9 Å². The Labute approximate surface area is 89.7 Å². The van der Waals surface area contributed by atoms with Gasteiger partial charge in [0.1, 0.15) is 0 Å². The summed E-state index contributed by atoms with van der Waals surface area (Å²) in [6.07, 6.45) is 6.62. The molecule has 1 unspecified atom stereocenters. The lowest BCUT2D eigenvalue weighted by Crippen LogP contribution is -2.30. The molecule has 0 bridgehead atoms. The molecule has 1 aromatic heterocycles. The van der Waals surface area contributed by atoms with Crippen molar-refractivity contribution < 1.29 is 4.79 Å². The highest BCUT2D eigenvalue weighted by atomic mass is 16.1. The van der Waals surface area contributed by atoms with Crippen molar-refractivity contribution >= 4 is 5.78 Å². The third-order valence-corrected chi connectivity index (χ3v) is 2.75. The highest BCUT2D eigenvalue weighted by Gasteiger charge is 2.23. The van der Waals surface area contributed by atoms with Crippen molar-refractivity contribution in [3.05, 3.63) is 18.0 Å². The van der Waals surface area contributed by atoms with Crippen LogP contribution in [0.1, 0.15) is 36.5 Å². The van der Waals surface area contributed by atoms with Gasteiger partial charge in [0, 0.05) is 12.7 Å². The smallest absolute Gasteiger partial charge is 0.182 e. The molecule has 0 radical (unpaired) electrons. The van der Waals surface area contributed by atoms with Gasteiger partial charge < -0.3 is 5.32 Å². The summed E-state index contributed by atoms with van der Waals surface area (Å²) in [6, 6.07) is 0.0178. The van der Waals surface area contributed by atoms with Gasteiger partial charge in [0.05, 0.1) is 17.8 Å². The van der Waals surface area contributed by atoms with Crippen LogP contribution in [0.3, 0.4) is 0 Å². The Hall–Kier alpha value is -1.16. The van der Waals surface area contributed by atoms with E-state index in [0.29, 0.717) is 0 Å². The van der Waals surface area contributed by atoms with Crippen LogP contribution >= 0.6 is 0 Å². The van der Waals surface area contributed by atoms with Gasteiger partial charge >= 0.3 is 0 Å². The molecule has 0 amide bonds. The Bertz CT molecular complexity index is 339. The summed E-state index contributed by atoms with van der Waals surface area (Å²) in [5.74, 6) is 0.190. The van der Waals surface area contributed by atoms with Crippen LogP contribution in [-0.2, 0) is 6.54 Å². The largest absolute Gasteiger partial charge is 0.307 e. The summed E-state index contributed by atoms with van der Waals surface area (Å²) in [6.45, 7) is 3.94. The molecule has 1 aliphatic heterocycles. The topological polar surface area (TPSA) is 46.9 Å². The molecule has 2 heterocycles. The number of rotatable bonds is 4. The lowest BCUT2D eigenvalue weighted by Gasteiger charge is -2.05. The summed E-state index contributed by atoms with van der Waals surface area (Å²) in [4.78, 5) is 11.9. The fraction of sp³-hybridized carbons (Fsp3) is 0.636. The van der Waals surface area contributed by atoms with Crippen LogP contribution < -0.4 is 5.32 Å². The van der Waals surface area contributed by atoms with Crippen molar-refractivity contribution in [2.24, 2.45) is 0 Å². The quantitative estimate of drug-likeness (QED) is 0.755. The van der Waals surface area contributed by atoms with Gasteiger partial charge in [0.25, 0.3) is 0 Å². The Morgan fingerprint density at radius 1 is 1.73 bits per heavy atom. The minimum Gasteiger partial charge on any atom is -0.307 e. The summed E-state index contributed by atoms with van der Waals surface area (Å²) in [7, 11) is 0. The van der Waals surface area contributed by atoms with E-state index in [2.05, 4.69) is 17.3 Å². The van der Waals surface area contributed by atoms with Gasteiger partial charge in [-0.05, 0) is 25.8 Å². The van der Waals surface area contributed by atoms with E-state index in [1.165, 1.54) is 0 Å². The van der Waals surface area contributed by atoms with E-state index < -0.39 is 0 Å². The summed E-state index contributed by atoms with van der Waals surface area (Å²) < 4.78 is 1.84. The lowest BCUT2D eigenvalue weighted by atomic mass is 10.1. The average Bonchev–Trinajstić information content (AvgIpc) is 2.87. The van der Waals surface area contributed by atoms with E-state index in [1.807, 2.05) is 10.9 Å². The molecular formula is C11H17N3O. The standard InChI is InChI=1S/C11H17N3O/c1-2-6-14-8-9(7-13-14)11(15)10-4-3-5-12-10/h7-8,10,12H,2-6H2,1H3. The predicted octanol–water partition coefficient (Wildman–Crippen LogP) is 1.23. The number of hydrogen-bond donors (Lipinski definition) is 1. The summed E-state index contributed by atoms with van der Waals surface area (Å²) in [5.41, 5.74) is 0.739. The molecule has 4 nitrogen and oxygen atoms in total. The van der Waals surface area contributed by atoms with Crippen molar-refractivity contribution in [3.63, 3.8) is 0 Å². The van der Waals surface area contributed by atoms with E-state index in [4.69, 9.17) is 0 Å². The lowest BCUT2D eigenvalue weighted by molar-refractivity contribution is 0.0952. The summed E-state index contributed by atoms with van der Waals surface area (Å²) in [5, 5.41) is 7.38. The van der Waals surface area contributed by atoms with E-state index in [-0.39, 0.29) is 11.8 Å². The minimum atomic E-state index is 0.0178. The Balaban J connectivity index is 2.04. The second kappa shape index (κ2) is 4.57. The minimum absolute atomic E-state index is 0.0178. The first-order chi connectivity index (χ1) is 7.31. The Kier molecular flexibility index (Phi) is 3.16. The van der Waals surface area contributed by atoms with Crippen LogP contribution in [0.2, 0.25) is 0 Å². The zero-order chi connectivity index (χ0) is 10.7. The molecule has 0 spiro atoms. The maximum atomic E-state index is 11.9. The zero-order valence-electron chi connectivity index (χ0n) is 9.07. The van der Waals surface area contributed by atoms with Crippen LogP contribution in [0.15, 0.2) is 12.4 Å². The third kappa shape index (κ3) is 2.26. The average molecular weight is 207 g/mol. The molecule has 1 aliphatic rings. The van der Waals surface area contributed by atoms with E-state index >= 15 is 0 Å². The molecule has 1 saturated heterocycles. The SMILES string of the molecule is CCCn1cc(C(=O)C2CCCN2)cn1. The van der Waals surface area contributed by atoms with Crippen LogP contribution in [0.25, 0.3) is 0 Å². The van der Waals surface area contributed by atoms with Crippen LogP contribution in [0.5, 0.6) is 0 Å². The molecule has 4 heteroatoms. The normalized spacial score (nSPS) is 20.7. The number of hydrogen-bond acceptors (Lipinski definition) is 3. The van der Waals surface area contributed by atoms with Crippen molar-refractivity contribution in [3.8, 4) is 0 Å².